The van der Waals surface area contributed by atoms with Crippen molar-refractivity contribution in [2.75, 3.05) is 6.54 Å². The van der Waals surface area contributed by atoms with Crippen LogP contribution in [0.4, 0.5) is 0 Å². The molecule has 19 heavy (non-hydrogen) atoms. The molecule has 1 aromatic carbocycles. The zero-order valence-corrected chi connectivity index (χ0v) is 12.6. The first kappa shape index (κ1) is 14.5. The Morgan fingerprint density at radius 3 is 2.63 bits per heavy atom. The van der Waals surface area contributed by atoms with Crippen molar-refractivity contribution in [2.24, 2.45) is 0 Å². The van der Waals surface area contributed by atoms with Crippen molar-refractivity contribution in [3.05, 3.63) is 47.1 Å². The Balaban J connectivity index is 2.03. The molecule has 2 aromatic rings. The van der Waals surface area contributed by atoms with Gasteiger partial charge in [-0.25, -0.2) is 18.1 Å². The van der Waals surface area contributed by atoms with E-state index in [-0.39, 0.29) is 10.8 Å². The van der Waals surface area contributed by atoms with E-state index >= 15 is 0 Å². The maximum absolute atomic E-state index is 12.0. The summed E-state index contributed by atoms with van der Waals surface area (Å²) in [7, 11) is -3.52. The molecule has 2 rings (SSSR count). The fourth-order valence-corrected chi connectivity index (χ4v) is 4.01. The van der Waals surface area contributed by atoms with Crippen molar-refractivity contribution < 1.29 is 8.42 Å². The number of hydrogen-bond donors (Lipinski definition) is 1. The predicted octanol–water partition coefficient (Wildman–Crippen LogP) is 2.71. The summed E-state index contributed by atoms with van der Waals surface area (Å²) >= 11 is 7.30. The minimum atomic E-state index is -3.52. The normalized spacial score (nSPS) is 13.4. The molecule has 1 heterocycles. The summed E-state index contributed by atoms with van der Waals surface area (Å²) in [5.41, 5.74) is 0.882. The number of aromatic nitrogens is 1. The Morgan fingerprint density at radius 1 is 1.37 bits per heavy atom. The van der Waals surface area contributed by atoms with E-state index in [1.807, 2.05) is 30.3 Å². The summed E-state index contributed by atoms with van der Waals surface area (Å²) in [6.07, 6.45) is 1.36. The molecule has 0 saturated heterocycles. The first-order chi connectivity index (χ1) is 8.99. The molecule has 1 aromatic heterocycles. The largest absolute Gasteiger partial charge is 0.251 e. The van der Waals surface area contributed by atoms with Crippen LogP contribution in [0.25, 0.3) is 0 Å². The van der Waals surface area contributed by atoms with Crippen LogP contribution >= 0.6 is 22.9 Å². The zero-order valence-electron chi connectivity index (χ0n) is 10.2. The van der Waals surface area contributed by atoms with Gasteiger partial charge < -0.3 is 0 Å². The van der Waals surface area contributed by atoms with Gasteiger partial charge in [-0.05, 0) is 12.5 Å². The topological polar surface area (TPSA) is 59.1 Å². The molecule has 102 valence electrons. The van der Waals surface area contributed by atoms with E-state index in [4.69, 9.17) is 11.6 Å². The second-order valence-electron chi connectivity index (χ2n) is 3.93. The molecule has 1 N–H and O–H groups in total. The lowest BCUT2D eigenvalue weighted by molar-refractivity contribution is 0.582. The fourth-order valence-electron chi connectivity index (χ4n) is 1.50. The van der Waals surface area contributed by atoms with Gasteiger partial charge in [0.1, 0.15) is 0 Å². The van der Waals surface area contributed by atoms with Crippen molar-refractivity contribution in [1.82, 2.24) is 9.71 Å². The van der Waals surface area contributed by atoms with Crippen LogP contribution in [0.2, 0.25) is 0 Å². The number of hydrogen-bond acceptors (Lipinski definition) is 4. The second-order valence-corrected chi connectivity index (χ2v) is 7.68. The molecule has 1 atom stereocenters. The summed E-state index contributed by atoms with van der Waals surface area (Å²) < 4.78 is 26.7. The fraction of sp³-hybridized carbons (Fsp3) is 0.250. The highest BCUT2D eigenvalue weighted by molar-refractivity contribution is 7.91. The predicted molar refractivity (Wildman–Crippen MR) is 77.1 cm³/mol. The molecule has 1 unspecified atom stereocenters. The molecule has 0 aliphatic carbocycles. The number of nitrogens with one attached hydrogen (secondary N) is 1. The first-order valence-corrected chi connectivity index (χ1v) is 8.34. The first-order valence-electron chi connectivity index (χ1n) is 5.60. The minimum absolute atomic E-state index is 0.144. The van der Waals surface area contributed by atoms with Gasteiger partial charge in [0.25, 0.3) is 10.0 Å². The second kappa shape index (κ2) is 6.00. The molecule has 0 spiro atoms. The molecule has 7 heteroatoms. The summed E-state index contributed by atoms with van der Waals surface area (Å²) in [6, 6.07) is 9.35. The molecule has 0 radical (unpaired) electrons. The Labute approximate surface area is 121 Å². The van der Waals surface area contributed by atoms with Crippen molar-refractivity contribution in [3.63, 3.8) is 0 Å². The highest BCUT2D eigenvalue weighted by atomic mass is 35.5. The van der Waals surface area contributed by atoms with Crippen LogP contribution in [0, 0.1) is 6.92 Å². The van der Waals surface area contributed by atoms with Gasteiger partial charge in [0, 0.05) is 6.54 Å². The third-order valence-electron chi connectivity index (χ3n) is 2.48. The summed E-state index contributed by atoms with van der Waals surface area (Å²) in [6.45, 7) is 1.91. The molecule has 0 aliphatic rings. The third kappa shape index (κ3) is 3.76. The molecular weight excluding hydrogens is 304 g/mol. The lowest BCUT2D eigenvalue weighted by Gasteiger charge is -2.10. The van der Waals surface area contributed by atoms with Crippen molar-refractivity contribution in [3.8, 4) is 0 Å². The van der Waals surface area contributed by atoms with E-state index in [1.54, 1.807) is 6.92 Å². The lowest BCUT2D eigenvalue weighted by atomic mass is 10.1. The maximum Gasteiger partial charge on any atom is 0.251 e. The highest BCUT2D eigenvalue weighted by Crippen LogP contribution is 2.21. The number of sulfonamides is 1. The average molecular weight is 317 g/mol. The van der Waals surface area contributed by atoms with Crippen molar-refractivity contribution in [2.45, 2.75) is 16.5 Å². The van der Waals surface area contributed by atoms with Gasteiger partial charge in [-0.2, -0.15) is 0 Å². The van der Waals surface area contributed by atoms with E-state index in [1.165, 1.54) is 6.20 Å². The molecule has 0 fully saturated rings. The molecule has 0 amide bonds. The standard InChI is InChI=1S/C12H13ClN2O2S2/c1-9-14-8-12(18-9)19(16,17)15-7-11(13)10-5-3-2-4-6-10/h2-6,8,11,15H,7H2,1H3. The monoisotopic (exact) mass is 316 g/mol. The Hall–Kier alpha value is -0.950. The number of nitrogens with zero attached hydrogens (tertiary/aromatic N) is 1. The van der Waals surface area contributed by atoms with Gasteiger partial charge in [-0.15, -0.1) is 22.9 Å². The number of rotatable bonds is 5. The van der Waals surface area contributed by atoms with Gasteiger partial charge in [0.05, 0.1) is 16.6 Å². The van der Waals surface area contributed by atoms with Crippen LogP contribution < -0.4 is 4.72 Å². The van der Waals surface area contributed by atoms with Gasteiger partial charge in [0.15, 0.2) is 4.21 Å². The number of alkyl halides is 1. The summed E-state index contributed by atoms with van der Waals surface area (Å²) in [4.78, 5) is 3.93. The molecule has 0 aliphatic heterocycles. The van der Waals surface area contributed by atoms with Gasteiger partial charge in [0.2, 0.25) is 0 Å². The van der Waals surface area contributed by atoms with Crippen LogP contribution in [0.15, 0.2) is 40.7 Å². The van der Waals surface area contributed by atoms with Crippen LogP contribution in [0.5, 0.6) is 0 Å². The van der Waals surface area contributed by atoms with Crippen LogP contribution in [-0.2, 0) is 10.0 Å². The Bertz CT molecular complexity index is 641. The summed E-state index contributed by atoms with van der Waals surface area (Å²) in [5, 5.41) is 0.316. The zero-order chi connectivity index (χ0) is 13.9. The quantitative estimate of drug-likeness (QED) is 0.863. The van der Waals surface area contributed by atoms with Gasteiger partial charge in [-0.3, -0.25) is 0 Å². The molecule has 4 nitrogen and oxygen atoms in total. The van der Waals surface area contributed by atoms with Gasteiger partial charge >= 0.3 is 0 Å². The minimum Gasteiger partial charge on any atom is -0.249 e. The Morgan fingerprint density at radius 2 is 2.05 bits per heavy atom. The third-order valence-corrected chi connectivity index (χ3v) is 5.68. The van der Waals surface area contributed by atoms with Gasteiger partial charge in [-0.1, -0.05) is 30.3 Å². The van der Waals surface area contributed by atoms with Crippen molar-refractivity contribution in [1.29, 1.82) is 0 Å². The van der Waals surface area contributed by atoms with E-state index in [0.717, 1.165) is 16.9 Å². The lowest BCUT2D eigenvalue weighted by Crippen LogP contribution is -2.26. The maximum atomic E-state index is 12.0. The SMILES string of the molecule is Cc1ncc(S(=O)(=O)NCC(Cl)c2ccccc2)s1. The molecule has 0 bridgehead atoms. The van der Waals surface area contributed by atoms with E-state index in [2.05, 4.69) is 9.71 Å². The highest BCUT2D eigenvalue weighted by Gasteiger charge is 2.18. The molecule has 0 saturated carbocycles. The van der Waals surface area contributed by atoms with E-state index < -0.39 is 15.4 Å². The average Bonchev–Trinajstić information content (AvgIpc) is 2.85. The number of halogens is 1. The summed E-state index contributed by atoms with van der Waals surface area (Å²) in [5.74, 6) is 0. The number of benzene rings is 1. The van der Waals surface area contributed by atoms with Crippen LogP contribution in [0.3, 0.4) is 0 Å². The van der Waals surface area contributed by atoms with Crippen LogP contribution in [-0.4, -0.2) is 19.9 Å². The van der Waals surface area contributed by atoms with E-state index in [0.29, 0.717) is 5.01 Å². The van der Waals surface area contributed by atoms with E-state index in [9.17, 15) is 8.42 Å². The number of aryl methyl sites for hydroxylation is 1. The smallest absolute Gasteiger partial charge is 0.249 e. The van der Waals surface area contributed by atoms with Crippen LogP contribution in [0.1, 0.15) is 15.9 Å². The van der Waals surface area contributed by atoms with Crippen molar-refractivity contribution >= 4 is 33.0 Å². The molecular formula is C12H13ClN2O2S2. The number of thiazole rings is 1. The Kier molecular flexibility index (Phi) is 4.57.